The number of benzene rings is 1. The zero-order chi connectivity index (χ0) is 31.9. The third kappa shape index (κ3) is 8.18. The van der Waals surface area contributed by atoms with Crippen LogP contribution in [0.3, 0.4) is 0 Å². The predicted octanol–water partition coefficient (Wildman–Crippen LogP) is 4.00. The Morgan fingerprint density at radius 2 is 1.80 bits per heavy atom. The maximum atomic E-state index is 13.9. The topological polar surface area (TPSA) is 104 Å². The van der Waals surface area contributed by atoms with Crippen LogP contribution in [0.5, 0.6) is 11.6 Å². The molecule has 0 aliphatic carbocycles. The van der Waals surface area contributed by atoms with E-state index in [0.717, 1.165) is 77.0 Å². The Balaban J connectivity index is 1.18. The number of piperidine rings is 2. The third-order valence-corrected chi connectivity index (χ3v) is 10.6. The number of amides is 3. The lowest BCUT2D eigenvalue weighted by molar-refractivity contribution is -0.137. The zero-order valence-corrected chi connectivity index (χ0v) is 27.2. The summed E-state index contributed by atoms with van der Waals surface area (Å²) < 4.78 is 11.5. The molecule has 4 aliphatic heterocycles. The van der Waals surface area contributed by atoms with E-state index >= 15 is 0 Å². The number of nitrogens with one attached hydrogen (secondary N) is 1. The molecule has 5 heterocycles. The number of ether oxygens (including phenoxy) is 2. The Kier molecular flexibility index (Phi) is 10.7. The van der Waals surface area contributed by atoms with Crippen molar-refractivity contribution >= 4 is 17.7 Å². The Hall–Kier alpha value is -3.66. The van der Waals surface area contributed by atoms with Crippen LogP contribution in [0.2, 0.25) is 0 Å². The minimum Gasteiger partial charge on any atom is -0.497 e. The molecular formula is C36H49N5O5. The van der Waals surface area contributed by atoms with Crippen molar-refractivity contribution < 1.29 is 23.9 Å². The highest BCUT2D eigenvalue weighted by atomic mass is 16.5. The summed E-state index contributed by atoms with van der Waals surface area (Å²) in [5, 5.41) is 3.07. The van der Waals surface area contributed by atoms with Gasteiger partial charge in [0, 0.05) is 64.7 Å². The minimum atomic E-state index is -0.214. The van der Waals surface area contributed by atoms with Gasteiger partial charge < -0.3 is 24.6 Å². The molecule has 3 amide bonds. The molecule has 1 aromatic carbocycles. The largest absolute Gasteiger partial charge is 0.497 e. The summed E-state index contributed by atoms with van der Waals surface area (Å²) in [5.41, 5.74) is 1.55. The first kappa shape index (κ1) is 32.3. The quantitative estimate of drug-likeness (QED) is 0.532. The molecule has 10 heteroatoms. The smallest absolute Gasteiger partial charge is 0.270 e. The van der Waals surface area contributed by atoms with E-state index < -0.39 is 0 Å². The second kappa shape index (κ2) is 15.3. The first-order valence-electron chi connectivity index (χ1n) is 17.2. The molecule has 4 aliphatic rings. The SMILES string of the molecule is COc1cccc(CN2CC[C@H]3CC(=O)N4CC[C@@H](CC(=O)N5CCCC5)[C@@H](CCOc5cccc(n5)C(=O)NCC[C@H]3C2)C4)c1. The summed E-state index contributed by atoms with van der Waals surface area (Å²) in [4.78, 5) is 51.1. The van der Waals surface area contributed by atoms with Crippen LogP contribution in [0.4, 0.5) is 0 Å². The van der Waals surface area contributed by atoms with Gasteiger partial charge in [-0.25, -0.2) is 4.98 Å². The molecule has 4 bridgehead atoms. The number of carbonyl (C=O) groups is 3. The van der Waals surface area contributed by atoms with Gasteiger partial charge >= 0.3 is 0 Å². The molecule has 6 rings (SSSR count). The van der Waals surface area contributed by atoms with Crippen LogP contribution < -0.4 is 14.8 Å². The first-order chi connectivity index (χ1) is 22.4. The van der Waals surface area contributed by atoms with Gasteiger partial charge in [0.2, 0.25) is 17.7 Å². The Labute approximate surface area is 272 Å². The number of rotatable bonds is 5. The second-order valence-electron chi connectivity index (χ2n) is 13.6. The van der Waals surface area contributed by atoms with Crippen molar-refractivity contribution in [1.29, 1.82) is 0 Å². The molecule has 46 heavy (non-hydrogen) atoms. The van der Waals surface area contributed by atoms with E-state index in [4.69, 9.17) is 9.47 Å². The molecule has 1 N–H and O–H groups in total. The summed E-state index contributed by atoms with van der Waals surface area (Å²) in [7, 11) is 1.69. The van der Waals surface area contributed by atoms with E-state index in [0.29, 0.717) is 50.7 Å². The highest BCUT2D eigenvalue weighted by Crippen LogP contribution is 2.34. The number of likely N-dealkylation sites (tertiary alicyclic amines) is 2. The average Bonchev–Trinajstić information content (AvgIpc) is 3.62. The van der Waals surface area contributed by atoms with Crippen LogP contribution in [-0.4, -0.2) is 96.9 Å². The van der Waals surface area contributed by atoms with E-state index in [1.54, 1.807) is 25.3 Å². The Bertz CT molecular complexity index is 1360. The van der Waals surface area contributed by atoms with E-state index in [1.165, 1.54) is 5.56 Å². The van der Waals surface area contributed by atoms with Crippen LogP contribution >= 0.6 is 0 Å². The van der Waals surface area contributed by atoms with Crippen molar-refractivity contribution in [2.24, 2.45) is 23.7 Å². The number of hydrogen-bond acceptors (Lipinski definition) is 7. The number of pyridine rings is 1. The zero-order valence-electron chi connectivity index (χ0n) is 27.2. The summed E-state index contributed by atoms with van der Waals surface area (Å²) in [6.45, 7) is 6.64. The number of hydrogen-bond donors (Lipinski definition) is 1. The van der Waals surface area contributed by atoms with Gasteiger partial charge in [-0.05, 0) is 92.5 Å². The lowest BCUT2D eigenvalue weighted by Gasteiger charge is -2.42. The summed E-state index contributed by atoms with van der Waals surface area (Å²) in [5.74, 6) is 2.44. The van der Waals surface area contributed by atoms with Crippen molar-refractivity contribution in [2.45, 2.75) is 57.9 Å². The fraction of sp³-hybridized carbons (Fsp3) is 0.611. The molecule has 2 aromatic rings. The molecule has 3 saturated heterocycles. The molecule has 248 valence electrons. The van der Waals surface area contributed by atoms with Gasteiger partial charge in [-0.3, -0.25) is 19.3 Å². The van der Waals surface area contributed by atoms with E-state index in [-0.39, 0.29) is 41.4 Å². The number of fused-ring (bicyclic) bond motifs is 5. The molecule has 3 fully saturated rings. The highest BCUT2D eigenvalue weighted by molar-refractivity contribution is 5.92. The van der Waals surface area contributed by atoms with Crippen LogP contribution in [0.1, 0.15) is 67.4 Å². The molecule has 0 saturated carbocycles. The van der Waals surface area contributed by atoms with Crippen molar-refractivity contribution in [2.75, 3.05) is 59.5 Å². The summed E-state index contributed by atoms with van der Waals surface area (Å²) in [6.07, 6.45) is 6.52. The summed E-state index contributed by atoms with van der Waals surface area (Å²) in [6, 6.07) is 13.5. The molecule has 0 unspecified atom stereocenters. The first-order valence-corrected chi connectivity index (χ1v) is 17.2. The molecular weight excluding hydrogens is 582 g/mol. The van der Waals surface area contributed by atoms with Gasteiger partial charge in [-0.1, -0.05) is 18.2 Å². The summed E-state index contributed by atoms with van der Waals surface area (Å²) >= 11 is 0. The maximum absolute atomic E-state index is 13.9. The second-order valence-corrected chi connectivity index (χ2v) is 13.6. The van der Waals surface area contributed by atoms with Crippen LogP contribution in [0.25, 0.3) is 0 Å². The fourth-order valence-corrected chi connectivity index (χ4v) is 7.90. The standard InChI is InChI=1S/C36H49N5O5/c1-45-31-7-4-6-26(20-31)23-39-17-11-27-22-35(43)41-18-12-28(21-34(42)40-15-2-3-16-40)30(25-41)13-19-46-33-9-5-8-32(38-33)36(44)37-14-10-29(27)24-39/h4-9,20,27-30H,2-3,10-19,21-25H2,1H3,(H,37,44)/t27-,28-,29-,30-/m0/s1. The third-order valence-electron chi connectivity index (χ3n) is 10.6. The Morgan fingerprint density at radius 3 is 2.65 bits per heavy atom. The highest BCUT2D eigenvalue weighted by Gasteiger charge is 2.37. The number of carbonyl (C=O) groups excluding carboxylic acids is 3. The van der Waals surface area contributed by atoms with Crippen LogP contribution in [-0.2, 0) is 16.1 Å². The molecule has 4 atom stereocenters. The van der Waals surface area contributed by atoms with Crippen LogP contribution in [0, 0.1) is 23.7 Å². The van der Waals surface area contributed by atoms with Crippen molar-refractivity contribution in [1.82, 2.24) is 25.0 Å². The lowest BCUT2D eigenvalue weighted by Crippen LogP contribution is -2.47. The normalized spacial score (nSPS) is 26.5. The molecule has 0 spiro atoms. The Morgan fingerprint density at radius 1 is 0.957 bits per heavy atom. The van der Waals surface area contributed by atoms with Gasteiger partial charge in [0.1, 0.15) is 11.4 Å². The van der Waals surface area contributed by atoms with Gasteiger partial charge in [-0.2, -0.15) is 0 Å². The molecule has 1 aromatic heterocycles. The van der Waals surface area contributed by atoms with E-state index in [9.17, 15) is 14.4 Å². The van der Waals surface area contributed by atoms with Gasteiger partial charge in [0.15, 0.2) is 0 Å². The number of methoxy groups -OCH3 is 1. The lowest BCUT2D eigenvalue weighted by atomic mass is 9.79. The van der Waals surface area contributed by atoms with Crippen molar-refractivity contribution in [3.8, 4) is 11.6 Å². The maximum Gasteiger partial charge on any atom is 0.270 e. The molecule has 0 radical (unpaired) electrons. The predicted molar refractivity (Wildman–Crippen MR) is 174 cm³/mol. The van der Waals surface area contributed by atoms with Crippen molar-refractivity contribution in [3.63, 3.8) is 0 Å². The van der Waals surface area contributed by atoms with Gasteiger partial charge in [-0.15, -0.1) is 0 Å². The van der Waals surface area contributed by atoms with E-state index in [1.807, 2.05) is 17.0 Å². The number of nitrogens with zero attached hydrogens (tertiary/aromatic N) is 4. The van der Waals surface area contributed by atoms with Crippen molar-refractivity contribution in [3.05, 3.63) is 53.7 Å². The molecule has 10 nitrogen and oxygen atoms in total. The minimum absolute atomic E-state index is 0.173. The van der Waals surface area contributed by atoms with E-state index in [2.05, 4.69) is 32.2 Å². The fourth-order valence-electron chi connectivity index (χ4n) is 7.90. The van der Waals surface area contributed by atoms with Gasteiger partial charge in [0.05, 0.1) is 13.7 Å². The van der Waals surface area contributed by atoms with Gasteiger partial charge in [0.25, 0.3) is 5.91 Å². The van der Waals surface area contributed by atoms with Crippen LogP contribution in [0.15, 0.2) is 42.5 Å². The monoisotopic (exact) mass is 631 g/mol. The number of aromatic nitrogens is 1. The average molecular weight is 632 g/mol.